The Morgan fingerprint density at radius 2 is 2.45 bits per heavy atom. The Balaban J connectivity index is 2.72. The third kappa shape index (κ3) is 1.37. The summed E-state index contributed by atoms with van der Waals surface area (Å²) in [5.74, 6) is 0.779. The highest BCUT2D eigenvalue weighted by Gasteiger charge is 2.46. The van der Waals surface area contributed by atoms with Gasteiger partial charge in [-0.3, -0.25) is 0 Å². The van der Waals surface area contributed by atoms with Gasteiger partial charge in [-0.05, 0) is 5.75 Å². The summed E-state index contributed by atoms with van der Waals surface area (Å²) in [7, 11) is 1.30. The van der Waals surface area contributed by atoms with Crippen LogP contribution in [0.1, 0.15) is 6.92 Å². The van der Waals surface area contributed by atoms with Crippen molar-refractivity contribution in [2.24, 2.45) is 5.92 Å². The minimum Gasteiger partial charge on any atom is -0.467 e. The molecular weight excluding hydrogens is 164 g/mol. The number of rotatable bonds is 1. The summed E-state index contributed by atoms with van der Waals surface area (Å²) < 4.78 is 4.51. The van der Waals surface area contributed by atoms with Crippen LogP contribution in [-0.2, 0) is 9.53 Å². The molecule has 2 unspecified atom stereocenters. The Morgan fingerprint density at radius 1 is 1.82 bits per heavy atom. The Kier molecular flexibility index (Phi) is 2.44. The van der Waals surface area contributed by atoms with Gasteiger partial charge in [-0.1, -0.05) is 6.92 Å². The van der Waals surface area contributed by atoms with Crippen molar-refractivity contribution in [3.8, 4) is 0 Å². The molecular formula is C7H12O3S. The van der Waals surface area contributed by atoms with Crippen LogP contribution in [0.15, 0.2) is 0 Å². The molecule has 0 aromatic carbocycles. The molecule has 0 saturated carbocycles. The normalized spacial score (nSPS) is 37.2. The SMILES string of the molecule is COC(=O)C1(O)CSCC1C. The molecule has 1 aliphatic rings. The molecule has 3 nitrogen and oxygen atoms in total. The fourth-order valence-electron chi connectivity index (χ4n) is 1.11. The molecule has 1 saturated heterocycles. The molecule has 2 atom stereocenters. The average molecular weight is 176 g/mol. The maximum absolute atomic E-state index is 11.1. The highest BCUT2D eigenvalue weighted by molar-refractivity contribution is 7.99. The highest BCUT2D eigenvalue weighted by Crippen LogP contribution is 2.33. The van der Waals surface area contributed by atoms with Gasteiger partial charge in [-0.25, -0.2) is 4.79 Å². The average Bonchev–Trinajstić information content (AvgIpc) is 2.32. The molecule has 1 fully saturated rings. The summed E-state index contributed by atoms with van der Waals surface area (Å²) in [5, 5.41) is 9.73. The van der Waals surface area contributed by atoms with E-state index in [1.54, 1.807) is 11.8 Å². The third-order valence-corrected chi connectivity index (χ3v) is 3.42. The molecule has 1 aliphatic heterocycles. The zero-order valence-electron chi connectivity index (χ0n) is 6.66. The van der Waals surface area contributed by atoms with Crippen LogP contribution in [0.5, 0.6) is 0 Å². The molecule has 0 spiro atoms. The summed E-state index contributed by atoms with van der Waals surface area (Å²) in [4.78, 5) is 11.1. The van der Waals surface area contributed by atoms with Crippen LogP contribution in [0, 0.1) is 5.92 Å². The quantitative estimate of drug-likeness (QED) is 0.583. The maximum atomic E-state index is 11.1. The first-order chi connectivity index (χ1) is 5.11. The predicted molar refractivity (Wildman–Crippen MR) is 43.5 cm³/mol. The van der Waals surface area contributed by atoms with Crippen molar-refractivity contribution in [1.82, 2.24) is 0 Å². The largest absolute Gasteiger partial charge is 0.467 e. The van der Waals surface area contributed by atoms with Crippen LogP contribution >= 0.6 is 11.8 Å². The first-order valence-electron chi connectivity index (χ1n) is 3.50. The molecule has 1 heterocycles. The number of hydrogen-bond donors (Lipinski definition) is 1. The molecule has 4 heteroatoms. The number of aliphatic hydroxyl groups is 1. The van der Waals surface area contributed by atoms with Gasteiger partial charge < -0.3 is 9.84 Å². The van der Waals surface area contributed by atoms with Gasteiger partial charge in [-0.2, -0.15) is 11.8 Å². The van der Waals surface area contributed by atoms with Crippen LogP contribution in [0.3, 0.4) is 0 Å². The Hall–Kier alpha value is -0.220. The molecule has 0 aromatic heterocycles. The van der Waals surface area contributed by atoms with E-state index in [1.165, 1.54) is 7.11 Å². The number of thioether (sulfide) groups is 1. The summed E-state index contributed by atoms with van der Waals surface area (Å²) in [6, 6.07) is 0. The molecule has 1 N–H and O–H groups in total. The molecule has 0 bridgehead atoms. The van der Waals surface area contributed by atoms with Crippen LogP contribution < -0.4 is 0 Å². The molecule has 11 heavy (non-hydrogen) atoms. The van der Waals surface area contributed by atoms with Crippen molar-refractivity contribution < 1.29 is 14.6 Å². The first kappa shape index (κ1) is 8.87. The van der Waals surface area contributed by atoms with E-state index in [1.807, 2.05) is 6.92 Å². The van der Waals surface area contributed by atoms with Crippen LogP contribution in [-0.4, -0.2) is 35.3 Å². The van der Waals surface area contributed by atoms with E-state index in [2.05, 4.69) is 4.74 Å². The first-order valence-corrected chi connectivity index (χ1v) is 4.65. The van der Waals surface area contributed by atoms with E-state index in [4.69, 9.17) is 0 Å². The number of hydrogen-bond acceptors (Lipinski definition) is 4. The monoisotopic (exact) mass is 176 g/mol. The van der Waals surface area contributed by atoms with Gasteiger partial charge in [0.05, 0.1) is 7.11 Å². The lowest BCUT2D eigenvalue weighted by Gasteiger charge is -2.22. The molecule has 1 rings (SSSR count). The fraction of sp³-hybridized carbons (Fsp3) is 0.857. The number of methoxy groups -OCH3 is 1. The van der Waals surface area contributed by atoms with Crippen molar-refractivity contribution in [3.05, 3.63) is 0 Å². The summed E-state index contributed by atoms with van der Waals surface area (Å²) in [5.41, 5.74) is -1.24. The number of carbonyl (C=O) groups is 1. The van der Waals surface area contributed by atoms with Crippen molar-refractivity contribution in [3.63, 3.8) is 0 Å². The molecule has 0 aliphatic carbocycles. The van der Waals surface area contributed by atoms with Crippen LogP contribution in [0.4, 0.5) is 0 Å². The van der Waals surface area contributed by atoms with Crippen molar-refractivity contribution >= 4 is 17.7 Å². The maximum Gasteiger partial charge on any atom is 0.339 e. The van der Waals surface area contributed by atoms with Crippen LogP contribution in [0.25, 0.3) is 0 Å². The topological polar surface area (TPSA) is 46.5 Å². The number of carbonyl (C=O) groups excluding carboxylic acids is 1. The van der Waals surface area contributed by atoms with E-state index in [-0.39, 0.29) is 5.92 Å². The van der Waals surface area contributed by atoms with E-state index >= 15 is 0 Å². The Bertz CT molecular complexity index is 171. The van der Waals surface area contributed by atoms with E-state index < -0.39 is 11.6 Å². The van der Waals surface area contributed by atoms with Gasteiger partial charge in [0, 0.05) is 11.7 Å². The lowest BCUT2D eigenvalue weighted by atomic mass is 9.93. The molecule has 0 aromatic rings. The second-order valence-electron chi connectivity index (χ2n) is 2.83. The number of esters is 1. The number of ether oxygens (including phenoxy) is 1. The predicted octanol–water partition coefficient (Wildman–Crippen LogP) is 0.273. The lowest BCUT2D eigenvalue weighted by Crippen LogP contribution is -2.44. The lowest BCUT2D eigenvalue weighted by molar-refractivity contribution is -0.163. The Morgan fingerprint density at radius 3 is 2.82 bits per heavy atom. The van der Waals surface area contributed by atoms with Gasteiger partial charge in [0.15, 0.2) is 5.60 Å². The zero-order valence-corrected chi connectivity index (χ0v) is 7.48. The zero-order chi connectivity index (χ0) is 8.48. The van der Waals surface area contributed by atoms with E-state index in [0.29, 0.717) is 5.75 Å². The van der Waals surface area contributed by atoms with Gasteiger partial charge in [0.1, 0.15) is 0 Å². The van der Waals surface area contributed by atoms with Gasteiger partial charge >= 0.3 is 5.97 Å². The minimum atomic E-state index is -1.24. The van der Waals surface area contributed by atoms with E-state index in [9.17, 15) is 9.90 Å². The summed E-state index contributed by atoms with van der Waals surface area (Å²) in [6.45, 7) is 1.86. The van der Waals surface area contributed by atoms with Crippen molar-refractivity contribution in [2.75, 3.05) is 18.6 Å². The molecule has 0 amide bonds. The summed E-state index contributed by atoms with van der Waals surface area (Å²) >= 11 is 1.58. The van der Waals surface area contributed by atoms with Crippen molar-refractivity contribution in [2.45, 2.75) is 12.5 Å². The van der Waals surface area contributed by atoms with E-state index in [0.717, 1.165) is 5.75 Å². The minimum absolute atomic E-state index is 0.0000463. The third-order valence-electron chi connectivity index (χ3n) is 2.04. The van der Waals surface area contributed by atoms with Gasteiger partial charge in [0.2, 0.25) is 0 Å². The second kappa shape index (κ2) is 3.03. The van der Waals surface area contributed by atoms with Crippen LogP contribution in [0.2, 0.25) is 0 Å². The molecule has 0 radical (unpaired) electrons. The van der Waals surface area contributed by atoms with Gasteiger partial charge in [0.25, 0.3) is 0 Å². The highest BCUT2D eigenvalue weighted by atomic mass is 32.2. The second-order valence-corrected chi connectivity index (χ2v) is 3.86. The fourth-order valence-corrected chi connectivity index (χ4v) is 2.57. The van der Waals surface area contributed by atoms with Crippen molar-refractivity contribution in [1.29, 1.82) is 0 Å². The van der Waals surface area contributed by atoms with Gasteiger partial charge in [-0.15, -0.1) is 0 Å². The summed E-state index contributed by atoms with van der Waals surface area (Å²) in [6.07, 6.45) is 0. The molecule has 64 valence electrons. The standard InChI is InChI=1S/C7H12O3S/c1-5-3-11-4-7(5,9)6(8)10-2/h5,9H,3-4H2,1-2H3. The Labute approximate surface area is 70.1 Å². The smallest absolute Gasteiger partial charge is 0.339 e.